The molecule has 0 unspecified atom stereocenters. The van der Waals surface area contributed by atoms with Gasteiger partial charge in [-0.15, -0.1) is 0 Å². The van der Waals surface area contributed by atoms with Crippen LogP contribution >= 0.6 is 0 Å². The minimum atomic E-state index is -3.26. The van der Waals surface area contributed by atoms with Gasteiger partial charge in [0.15, 0.2) is 0 Å². The zero-order valence-electron chi connectivity index (χ0n) is 17.4. The fraction of sp³-hybridized carbons (Fsp3) is 0.667. The number of amides is 1. The Morgan fingerprint density at radius 3 is 2.38 bits per heavy atom. The van der Waals surface area contributed by atoms with Gasteiger partial charge in [0.1, 0.15) is 5.75 Å². The van der Waals surface area contributed by atoms with E-state index in [1.54, 1.807) is 18.5 Å². The van der Waals surface area contributed by atoms with E-state index in [-0.39, 0.29) is 17.2 Å². The van der Waals surface area contributed by atoms with E-state index in [4.69, 9.17) is 9.47 Å². The number of benzene rings is 1. The molecular formula is C21H30N2O5S. The average molecular weight is 423 g/mol. The Morgan fingerprint density at radius 2 is 1.83 bits per heavy atom. The second-order valence-electron chi connectivity index (χ2n) is 8.86. The van der Waals surface area contributed by atoms with Crippen LogP contribution in [0.25, 0.3) is 0 Å². The van der Waals surface area contributed by atoms with Crippen LogP contribution in [-0.2, 0) is 25.0 Å². The maximum atomic E-state index is 13.5. The molecular weight excluding hydrogens is 392 g/mol. The third-order valence-electron chi connectivity index (χ3n) is 7.09. The minimum Gasteiger partial charge on any atom is -0.497 e. The number of hydrogen-bond acceptors (Lipinski definition) is 5. The molecule has 0 spiro atoms. The Kier molecular flexibility index (Phi) is 5.16. The zero-order chi connectivity index (χ0) is 20.9. The van der Waals surface area contributed by atoms with Gasteiger partial charge in [-0.05, 0) is 42.9 Å². The van der Waals surface area contributed by atoms with E-state index < -0.39 is 15.4 Å². The van der Waals surface area contributed by atoms with Crippen LogP contribution in [0.2, 0.25) is 0 Å². The molecule has 7 nitrogen and oxygen atoms in total. The lowest BCUT2D eigenvalue weighted by molar-refractivity contribution is -0.138. The summed E-state index contributed by atoms with van der Waals surface area (Å²) in [6, 6.07) is 7.79. The van der Waals surface area contributed by atoms with Gasteiger partial charge in [0.25, 0.3) is 0 Å². The van der Waals surface area contributed by atoms with Crippen LogP contribution in [0.5, 0.6) is 5.75 Å². The summed E-state index contributed by atoms with van der Waals surface area (Å²) >= 11 is 0. The molecule has 29 heavy (non-hydrogen) atoms. The molecule has 160 valence electrons. The van der Waals surface area contributed by atoms with Gasteiger partial charge in [0.2, 0.25) is 15.9 Å². The molecule has 2 aliphatic heterocycles. The van der Waals surface area contributed by atoms with Gasteiger partial charge in [0.05, 0.1) is 25.4 Å². The molecule has 1 amide bonds. The second kappa shape index (κ2) is 7.25. The van der Waals surface area contributed by atoms with E-state index in [9.17, 15) is 13.2 Å². The number of carbonyl (C=O) groups is 1. The molecule has 3 fully saturated rings. The maximum absolute atomic E-state index is 13.5. The van der Waals surface area contributed by atoms with Crippen molar-refractivity contribution >= 4 is 15.9 Å². The highest BCUT2D eigenvalue weighted by Crippen LogP contribution is 2.51. The summed E-state index contributed by atoms with van der Waals surface area (Å²) in [6.45, 7) is 2.70. The number of hydrogen-bond donors (Lipinski definition) is 0. The Morgan fingerprint density at radius 1 is 1.14 bits per heavy atom. The number of carbonyl (C=O) groups excluding carboxylic acids is 1. The molecule has 0 aromatic heterocycles. The first-order valence-corrected chi connectivity index (χ1v) is 12.0. The van der Waals surface area contributed by atoms with Crippen molar-refractivity contribution in [1.82, 2.24) is 9.21 Å². The summed E-state index contributed by atoms with van der Waals surface area (Å²) in [5.74, 6) is 1.05. The van der Waals surface area contributed by atoms with Crippen molar-refractivity contribution < 1.29 is 22.7 Å². The molecule has 2 saturated heterocycles. The van der Waals surface area contributed by atoms with Gasteiger partial charge in [-0.3, -0.25) is 4.79 Å². The van der Waals surface area contributed by atoms with Crippen molar-refractivity contribution in [3.8, 4) is 5.75 Å². The van der Waals surface area contributed by atoms with Gasteiger partial charge in [0, 0.05) is 38.7 Å². The Balaban J connectivity index is 1.53. The number of rotatable bonds is 6. The van der Waals surface area contributed by atoms with Gasteiger partial charge in [-0.2, -0.15) is 0 Å². The van der Waals surface area contributed by atoms with Crippen LogP contribution in [0.1, 0.15) is 24.8 Å². The number of likely N-dealkylation sites (tertiary alicyclic amines) is 1. The third-order valence-corrected chi connectivity index (χ3v) is 8.31. The van der Waals surface area contributed by atoms with Crippen LogP contribution in [0, 0.1) is 11.3 Å². The van der Waals surface area contributed by atoms with Crippen molar-refractivity contribution in [3.05, 3.63) is 29.8 Å². The number of nitrogens with zero attached hydrogens (tertiary/aromatic N) is 2. The Labute approximate surface area is 173 Å². The monoisotopic (exact) mass is 422 g/mol. The predicted octanol–water partition coefficient (Wildman–Crippen LogP) is 1.48. The lowest BCUT2D eigenvalue weighted by atomic mass is 9.73. The molecule has 2 heterocycles. The number of piperidine rings is 1. The van der Waals surface area contributed by atoms with Crippen LogP contribution < -0.4 is 4.74 Å². The van der Waals surface area contributed by atoms with E-state index in [0.29, 0.717) is 32.8 Å². The first-order chi connectivity index (χ1) is 13.7. The molecule has 4 rings (SSSR count). The molecule has 1 aliphatic carbocycles. The topological polar surface area (TPSA) is 76.2 Å². The molecule has 1 saturated carbocycles. The summed E-state index contributed by atoms with van der Waals surface area (Å²) in [6.07, 6.45) is 3.74. The zero-order valence-corrected chi connectivity index (χ0v) is 18.2. The van der Waals surface area contributed by atoms with E-state index >= 15 is 0 Å². The fourth-order valence-corrected chi connectivity index (χ4v) is 6.10. The minimum absolute atomic E-state index is 0.0987. The number of sulfonamides is 1. The molecule has 8 heteroatoms. The average Bonchev–Trinajstić information content (AvgIpc) is 3.41. The molecule has 0 N–H and O–H groups in total. The largest absolute Gasteiger partial charge is 0.497 e. The number of ether oxygens (including phenoxy) is 2. The highest BCUT2D eigenvalue weighted by Gasteiger charge is 2.57. The quantitative estimate of drug-likeness (QED) is 0.694. The molecule has 1 aromatic carbocycles. The fourth-order valence-electron chi connectivity index (χ4n) is 5.16. The third kappa shape index (κ3) is 3.55. The van der Waals surface area contributed by atoms with Crippen molar-refractivity contribution in [2.45, 2.75) is 24.7 Å². The van der Waals surface area contributed by atoms with Gasteiger partial charge in [-0.25, -0.2) is 12.7 Å². The van der Waals surface area contributed by atoms with Crippen molar-refractivity contribution in [2.75, 3.05) is 53.3 Å². The number of fused-ring (bicyclic) bond motifs is 1. The summed E-state index contributed by atoms with van der Waals surface area (Å²) in [5, 5.41) is 0. The molecule has 0 bridgehead atoms. The highest BCUT2D eigenvalue weighted by molar-refractivity contribution is 7.88. The molecule has 1 aromatic rings. The first-order valence-electron chi connectivity index (χ1n) is 10.1. The molecule has 2 atom stereocenters. The highest BCUT2D eigenvalue weighted by atomic mass is 32.2. The number of methoxy groups -OCH3 is 2. The second-order valence-corrected chi connectivity index (χ2v) is 10.8. The smallest absolute Gasteiger partial charge is 0.233 e. The van der Waals surface area contributed by atoms with E-state index in [0.717, 1.165) is 30.6 Å². The first kappa shape index (κ1) is 20.6. The van der Waals surface area contributed by atoms with E-state index in [1.165, 1.54) is 6.26 Å². The molecule has 3 aliphatic rings. The van der Waals surface area contributed by atoms with Gasteiger partial charge >= 0.3 is 0 Å². The van der Waals surface area contributed by atoms with Gasteiger partial charge in [-0.1, -0.05) is 12.1 Å². The summed E-state index contributed by atoms with van der Waals surface area (Å²) in [4.78, 5) is 15.5. The van der Waals surface area contributed by atoms with Gasteiger partial charge < -0.3 is 14.4 Å². The Bertz CT molecular complexity index is 881. The van der Waals surface area contributed by atoms with Crippen LogP contribution in [0.3, 0.4) is 0 Å². The maximum Gasteiger partial charge on any atom is 0.233 e. The lowest BCUT2D eigenvalue weighted by Gasteiger charge is -2.44. The van der Waals surface area contributed by atoms with Crippen LogP contribution in [0.4, 0.5) is 0 Å². The Hall–Kier alpha value is -1.64. The van der Waals surface area contributed by atoms with Crippen molar-refractivity contribution in [1.29, 1.82) is 0 Å². The summed E-state index contributed by atoms with van der Waals surface area (Å²) in [7, 11) is 0.0372. The van der Waals surface area contributed by atoms with Crippen LogP contribution in [-0.4, -0.2) is 76.8 Å². The normalized spacial score (nSPS) is 28.8. The summed E-state index contributed by atoms with van der Waals surface area (Å²) in [5.41, 5.74) is 0.412. The molecule has 0 radical (unpaired) electrons. The van der Waals surface area contributed by atoms with E-state index in [2.05, 4.69) is 0 Å². The van der Waals surface area contributed by atoms with E-state index in [1.807, 2.05) is 29.2 Å². The SMILES string of the molecule is COC[C@@]12CCN(C(=O)C3(c4ccc(OC)cc4)CC3)C[C@@H]1CN(S(C)(=O)=O)C2. The van der Waals surface area contributed by atoms with Crippen molar-refractivity contribution in [3.63, 3.8) is 0 Å². The summed E-state index contributed by atoms with van der Waals surface area (Å²) < 4.78 is 36.5. The van der Waals surface area contributed by atoms with Crippen molar-refractivity contribution in [2.24, 2.45) is 11.3 Å². The predicted molar refractivity (Wildman–Crippen MR) is 109 cm³/mol. The lowest BCUT2D eigenvalue weighted by Crippen LogP contribution is -2.53. The standard InChI is InChI=1S/C21H30N2O5S/c1-27-15-20-10-11-22(12-17(20)13-23(14-20)29(3,25)26)19(24)21(8-9-21)16-4-6-18(28-2)7-5-16/h4-7,17H,8-15H2,1-3H3/t17-,20+/m1/s1. The van der Waals surface area contributed by atoms with Crippen LogP contribution in [0.15, 0.2) is 24.3 Å².